The summed E-state index contributed by atoms with van der Waals surface area (Å²) in [7, 11) is 0. The maximum absolute atomic E-state index is 13.1. The van der Waals surface area contributed by atoms with E-state index in [4.69, 9.17) is 4.74 Å². The molecule has 1 N–H and O–H groups in total. The first kappa shape index (κ1) is 19.8. The standard InChI is InChI=1S/C26H21NO2S/c28-26(25(20-10-4-1-5-11-20)30-24-14-8-3-9-15-24)27-21-16-18-23(19-17-21)29-22-12-6-2-7-13-22/h1-19,25H,(H,27,28)/t25-/m0/s1. The number of anilines is 1. The Balaban J connectivity index is 1.48. The molecule has 0 spiro atoms. The number of thioether (sulfide) groups is 1. The van der Waals surface area contributed by atoms with Crippen molar-refractivity contribution < 1.29 is 9.53 Å². The number of amides is 1. The van der Waals surface area contributed by atoms with Gasteiger partial charge in [0.05, 0.1) is 0 Å². The molecule has 0 aliphatic heterocycles. The van der Waals surface area contributed by atoms with Crippen molar-refractivity contribution in [3.8, 4) is 11.5 Å². The average Bonchev–Trinajstić information content (AvgIpc) is 2.81. The van der Waals surface area contributed by atoms with Crippen molar-refractivity contribution in [2.24, 2.45) is 0 Å². The van der Waals surface area contributed by atoms with Crippen LogP contribution in [0.3, 0.4) is 0 Å². The van der Waals surface area contributed by atoms with Crippen LogP contribution in [0, 0.1) is 0 Å². The van der Waals surface area contributed by atoms with Gasteiger partial charge in [0.2, 0.25) is 5.91 Å². The molecule has 0 aliphatic carbocycles. The van der Waals surface area contributed by atoms with Crippen molar-refractivity contribution >= 4 is 23.4 Å². The quantitative estimate of drug-likeness (QED) is 0.334. The van der Waals surface area contributed by atoms with Gasteiger partial charge >= 0.3 is 0 Å². The monoisotopic (exact) mass is 411 g/mol. The number of carbonyl (C=O) groups is 1. The third kappa shape index (κ3) is 5.31. The van der Waals surface area contributed by atoms with Crippen LogP contribution in [0.15, 0.2) is 120 Å². The molecule has 4 heteroatoms. The molecule has 4 aromatic carbocycles. The summed E-state index contributed by atoms with van der Waals surface area (Å²) >= 11 is 1.54. The summed E-state index contributed by atoms with van der Waals surface area (Å²) in [6.07, 6.45) is 0. The second-order valence-electron chi connectivity index (χ2n) is 6.65. The number of para-hydroxylation sites is 1. The van der Waals surface area contributed by atoms with Crippen LogP contribution in [0.4, 0.5) is 5.69 Å². The molecule has 3 nitrogen and oxygen atoms in total. The highest BCUT2D eigenvalue weighted by Crippen LogP contribution is 2.36. The topological polar surface area (TPSA) is 38.3 Å². The summed E-state index contributed by atoms with van der Waals surface area (Å²) in [5, 5.41) is 2.68. The lowest BCUT2D eigenvalue weighted by Crippen LogP contribution is -2.19. The first-order valence-corrected chi connectivity index (χ1v) is 10.6. The smallest absolute Gasteiger partial charge is 0.242 e. The lowest BCUT2D eigenvalue weighted by Gasteiger charge is -2.17. The Morgan fingerprint density at radius 1 is 0.667 bits per heavy atom. The van der Waals surface area contributed by atoms with Gasteiger partial charge in [0, 0.05) is 10.6 Å². The average molecular weight is 412 g/mol. The molecule has 0 bridgehead atoms. The summed E-state index contributed by atoms with van der Waals surface area (Å²) in [5.41, 5.74) is 1.70. The van der Waals surface area contributed by atoms with Gasteiger partial charge in [0.1, 0.15) is 16.7 Å². The van der Waals surface area contributed by atoms with E-state index in [0.29, 0.717) is 0 Å². The van der Waals surface area contributed by atoms with Crippen LogP contribution in [-0.2, 0) is 4.79 Å². The Kier molecular flexibility index (Phi) is 6.47. The van der Waals surface area contributed by atoms with Gasteiger partial charge in [-0.15, -0.1) is 11.8 Å². The summed E-state index contributed by atoms with van der Waals surface area (Å²) < 4.78 is 5.82. The molecule has 0 saturated heterocycles. The highest BCUT2D eigenvalue weighted by molar-refractivity contribution is 8.00. The fraction of sp³-hybridized carbons (Fsp3) is 0.0385. The van der Waals surface area contributed by atoms with Gasteiger partial charge in [0.25, 0.3) is 0 Å². The molecule has 1 amide bonds. The Morgan fingerprint density at radius 3 is 1.83 bits per heavy atom. The molecule has 4 rings (SSSR count). The van der Waals surface area contributed by atoms with Gasteiger partial charge in [0.15, 0.2) is 0 Å². The molecule has 0 heterocycles. The van der Waals surface area contributed by atoms with Crippen LogP contribution in [0.1, 0.15) is 10.8 Å². The molecular weight excluding hydrogens is 390 g/mol. The largest absolute Gasteiger partial charge is 0.457 e. The van der Waals surface area contributed by atoms with Crippen LogP contribution in [0.25, 0.3) is 0 Å². The normalized spacial score (nSPS) is 11.5. The minimum absolute atomic E-state index is 0.0632. The predicted molar refractivity (Wildman–Crippen MR) is 123 cm³/mol. The summed E-state index contributed by atoms with van der Waals surface area (Å²) in [4.78, 5) is 14.2. The predicted octanol–water partition coefficient (Wildman–Crippen LogP) is 6.95. The molecule has 0 radical (unpaired) electrons. The summed E-state index contributed by atoms with van der Waals surface area (Å²) in [6.45, 7) is 0. The van der Waals surface area contributed by atoms with Gasteiger partial charge < -0.3 is 10.1 Å². The third-order valence-electron chi connectivity index (χ3n) is 4.44. The number of benzene rings is 4. The summed E-state index contributed by atoms with van der Waals surface area (Å²) in [5.74, 6) is 1.43. The van der Waals surface area contributed by atoms with Gasteiger partial charge in [-0.05, 0) is 54.1 Å². The second kappa shape index (κ2) is 9.81. The van der Waals surface area contributed by atoms with Crippen LogP contribution in [-0.4, -0.2) is 5.91 Å². The number of ether oxygens (including phenoxy) is 1. The van der Waals surface area contributed by atoms with Crippen molar-refractivity contribution in [1.29, 1.82) is 0 Å². The van der Waals surface area contributed by atoms with Crippen molar-refractivity contribution in [1.82, 2.24) is 0 Å². The lowest BCUT2D eigenvalue weighted by atomic mass is 10.1. The lowest BCUT2D eigenvalue weighted by molar-refractivity contribution is -0.115. The van der Waals surface area contributed by atoms with E-state index in [2.05, 4.69) is 5.32 Å². The molecule has 4 aromatic rings. The van der Waals surface area contributed by atoms with Crippen molar-refractivity contribution in [3.63, 3.8) is 0 Å². The van der Waals surface area contributed by atoms with E-state index in [1.54, 1.807) is 0 Å². The number of hydrogen-bond donors (Lipinski definition) is 1. The van der Waals surface area contributed by atoms with Crippen LogP contribution in [0.2, 0.25) is 0 Å². The molecule has 0 fully saturated rings. The Morgan fingerprint density at radius 2 is 1.20 bits per heavy atom. The Labute approximate surface area is 180 Å². The zero-order valence-corrected chi connectivity index (χ0v) is 17.1. The van der Waals surface area contributed by atoms with E-state index in [1.165, 1.54) is 11.8 Å². The zero-order chi connectivity index (χ0) is 20.6. The van der Waals surface area contributed by atoms with Crippen molar-refractivity contribution in [2.75, 3.05) is 5.32 Å². The van der Waals surface area contributed by atoms with E-state index < -0.39 is 0 Å². The van der Waals surface area contributed by atoms with E-state index in [-0.39, 0.29) is 11.2 Å². The Hall–Kier alpha value is -3.50. The van der Waals surface area contributed by atoms with Crippen LogP contribution < -0.4 is 10.1 Å². The first-order valence-electron chi connectivity index (χ1n) is 9.68. The molecular formula is C26H21NO2S. The molecule has 30 heavy (non-hydrogen) atoms. The second-order valence-corrected chi connectivity index (χ2v) is 7.83. The highest BCUT2D eigenvalue weighted by atomic mass is 32.2. The molecule has 0 aliphatic rings. The molecule has 0 aromatic heterocycles. The number of rotatable bonds is 7. The van der Waals surface area contributed by atoms with Crippen molar-refractivity contribution in [3.05, 3.63) is 121 Å². The number of hydrogen-bond acceptors (Lipinski definition) is 3. The molecule has 0 unspecified atom stereocenters. The van der Waals surface area contributed by atoms with Crippen LogP contribution in [0.5, 0.6) is 11.5 Å². The van der Waals surface area contributed by atoms with Gasteiger partial charge in [-0.1, -0.05) is 66.7 Å². The fourth-order valence-corrected chi connectivity index (χ4v) is 4.02. The van der Waals surface area contributed by atoms with Gasteiger partial charge in [-0.25, -0.2) is 0 Å². The maximum atomic E-state index is 13.1. The number of carbonyl (C=O) groups excluding carboxylic acids is 1. The molecule has 148 valence electrons. The van der Waals surface area contributed by atoms with E-state index in [9.17, 15) is 4.79 Å². The van der Waals surface area contributed by atoms with Gasteiger partial charge in [-0.2, -0.15) is 0 Å². The molecule has 1 atom stereocenters. The van der Waals surface area contributed by atoms with Gasteiger partial charge in [-0.3, -0.25) is 4.79 Å². The van der Waals surface area contributed by atoms with Crippen LogP contribution >= 0.6 is 11.8 Å². The SMILES string of the molecule is O=C(Nc1ccc(Oc2ccccc2)cc1)[C@@H](Sc1ccccc1)c1ccccc1. The maximum Gasteiger partial charge on any atom is 0.242 e. The zero-order valence-electron chi connectivity index (χ0n) is 16.3. The summed E-state index contributed by atoms with van der Waals surface area (Å²) in [6, 6.07) is 36.8. The number of nitrogens with one attached hydrogen (secondary N) is 1. The third-order valence-corrected chi connectivity index (χ3v) is 5.70. The van der Waals surface area contributed by atoms with E-state index in [0.717, 1.165) is 27.6 Å². The Bertz CT molecular complexity index is 1070. The minimum Gasteiger partial charge on any atom is -0.457 e. The first-order chi connectivity index (χ1) is 14.8. The van der Waals surface area contributed by atoms with E-state index in [1.807, 2.05) is 115 Å². The molecule has 0 saturated carbocycles. The van der Waals surface area contributed by atoms with Crippen molar-refractivity contribution in [2.45, 2.75) is 10.1 Å². The highest BCUT2D eigenvalue weighted by Gasteiger charge is 2.22. The van der Waals surface area contributed by atoms with E-state index >= 15 is 0 Å². The fourth-order valence-electron chi connectivity index (χ4n) is 2.97. The minimum atomic E-state index is -0.353.